The van der Waals surface area contributed by atoms with Crippen LogP contribution in [-0.2, 0) is 16.5 Å². The largest absolute Gasteiger partial charge is 1.00 e. The van der Waals surface area contributed by atoms with Crippen LogP contribution in [0.2, 0.25) is 0 Å². The van der Waals surface area contributed by atoms with Crippen LogP contribution in [-0.4, -0.2) is 13.0 Å². The fourth-order valence-electron chi connectivity index (χ4n) is 3.51. The summed E-state index contributed by atoms with van der Waals surface area (Å²) in [6.07, 6.45) is 13.5. The normalized spacial score (nSPS) is 11.5. The quantitative estimate of drug-likeness (QED) is 0.313. The second kappa shape index (κ2) is 12.9. The maximum atomic E-state index is 11.4. The van der Waals surface area contributed by atoms with Crippen molar-refractivity contribution in [3.8, 4) is 0 Å². The fourth-order valence-corrected chi connectivity index (χ4v) is 4.07. The van der Waals surface area contributed by atoms with Gasteiger partial charge < -0.3 is 4.55 Å². The zero-order valence-corrected chi connectivity index (χ0v) is 19.7. The van der Waals surface area contributed by atoms with E-state index in [2.05, 4.69) is 6.92 Å². The van der Waals surface area contributed by atoms with Gasteiger partial charge >= 0.3 is 29.6 Å². The van der Waals surface area contributed by atoms with Crippen LogP contribution in [0.4, 0.5) is 0 Å². The molecule has 0 unspecified atom stereocenters. The molecule has 5 heteroatoms. The topological polar surface area (TPSA) is 57.2 Å². The third-order valence-corrected chi connectivity index (χ3v) is 5.82. The first kappa shape index (κ1) is 24.6. The van der Waals surface area contributed by atoms with Gasteiger partial charge in [0.15, 0.2) is 0 Å². The molecular formula is C22H31NaO3S. The van der Waals surface area contributed by atoms with E-state index in [1.165, 1.54) is 57.4 Å². The Morgan fingerprint density at radius 3 is 1.96 bits per heavy atom. The molecule has 0 spiro atoms. The standard InChI is InChI=1S/C22H32O3S.Na/c1-2-3-4-5-6-7-8-9-10-11-14-19-17-21(26(23,24)25)18-20-15-12-13-16-22(19)20;/h12-13,15-18H,2-11,14H2,1H3,(H,23,24,25);/q;+1/p-1. The van der Waals surface area contributed by atoms with Crippen molar-refractivity contribution in [2.45, 2.75) is 82.4 Å². The van der Waals surface area contributed by atoms with E-state index >= 15 is 0 Å². The molecule has 0 heterocycles. The average molecular weight is 399 g/mol. The third-order valence-electron chi connectivity index (χ3n) is 5.01. The van der Waals surface area contributed by atoms with Gasteiger partial charge in [-0.25, -0.2) is 8.42 Å². The van der Waals surface area contributed by atoms with E-state index in [1.54, 1.807) is 6.07 Å². The zero-order valence-electron chi connectivity index (χ0n) is 16.9. The van der Waals surface area contributed by atoms with Crippen LogP contribution in [0.3, 0.4) is 0 Å². The van der Waals surface area contributed by atoms with Crippen molar-refractivity contribution < 1.29 is 42.5 Å². The van der Waals surface area contributed by atoms with Gasteiger partial charge in [0, 0.05) is 0 Å². The van der Waals surface area contributed by atoms with Gasteiger partial charge in [-0.1, -0.05) is 89.0 Å². The molecule has 0 aliphatic rings. The Labute approximate surface area is 187 Å². The molecule has 0 aliphatic heterocycles. The number of fused-ring (bicyclic) bond motifs is 1. The van der Waals surface area contributed by atoms with Crippen molar-refractivity contribution in [3.63, 3.8) is 0 Å². The minimum absolute atomic E-state index is 0. The number of hydrogen-bond donors (Lipinski definition) is 0. The summed E-state index contributed by atoms with van der Waals surface area (Å²) in [4.78, 5) is -0.113. The molecule has 0 atom stereocenters. The van der Waals surface area contributed by atoms with E-state index in [-0.39, 0.29) is 34.5 Å². The summed E-state index contributed by atoms with van der Waals surface area (Å²) in [7, 11) is -4.42. The predicted octanol–water partition coefficient (Wildman–Crippen LogP) is 3.21. The molecule has 27 heavy (non-hydrogen) atoms. The molecule has 0 N–H and O–H groups in total. The minimum atomic E-state index is -4.42. The summed E-state index contributed by atoms with van der Waals surface area (Å²) in [5.41, 5.74) is 0.970. The molecule has 144 valence electrons. The third kappa shape index (κ3) is 8.66. The molecule has 0 saturated carbocycles. The molecule has 3 nitrogen and oxygen atoms in total. The molecule has 0 aromatic heterocycles. The fraction of sp³-hybridized carbons (Fsp3) is 0.545. The van der Waals surface area contributed by atoms with E-state index in [0.717, 1.165) is 35.6 Å². The van der Waals surface area contributed by atoms with Crippen molar-refractivity contribution >= 4 is 20.9 Å². The molecule has 0 aliphatic carbocycles. The Kier molecular flexibility index (Phi) is 11.8. The Hall–Kier alpha value is -0.390. The number of aryl methyl sites for hydroxylation is 1. The maximum Gasteiger partial charge on any atom is 1.00 e. The van der Waals surface area contributed by atoms with Gasteiger partial charge in [0.25, 0.3) is 0 Å². The Morgan fingerprint density at radius 2 is 1.37 bits per heavy atom. The molecule has 2 rings (SSSR count). The SMILES string of the molecule is CCCCCCCCCCCCc1cc(S(=O)(=O)[O-])cc2ccccc12.[Na+]. The second-order valence-electron chi connectivity index (χ2n) is 7.19. The van der Waals surface area contributed by atoms with Crippen molar-refractivity contribution in [3.05, 3.63) is 42.0 Å². The van der Waals surface area contributed by atoms with E-state index in [4.69, 9.17) is 0 Å². The first-order chi connectivity index (χ1) is 12.5. The monoisotopic (exact) mass is 398 g/mol. The van der Waals surface area contributed by atoms with Crippen molar-refractivity contribution in [2.24, 2.45) is 0 Å². The number of rotatable bonds is 12. The Balaban J connectivity index is 0.00000364. The first-order valence-electron chi connectivity index (χ1n) is 10.00. The van der Waals surface area contributed by atoms with Crippen LogP contribution in [0.15, 0.2) is 41.3 Å². The van der Waals surface area contributed by atoms with Crippen molar-refractivity contribution in [1.82, 2.24) is 0 Å². The van der Waals surface area contributed by atoms with Crippen LogP contribution in [0, 0.1) is 0 Å². The number of unbranched alkanes of at least 4 members (excludes halogenated alkanes) is 9. The summed E-state index contributed by atoms with van der Waals surface area (Å²) in [5.74, 6) is 0. The zero-order chi connectivity index (χ0) is 18.8. The maximum absolute atomic E-state index is 11.4. The first-order valence-corrected chi connectivity index (χ1v) is 11.4. The second-order valence-corrected chi connectivity index (χ2v) is 8.57. The van der Waals surface area contributed by atoms with Crippen LogP contribution in [0.25, 0.3) is 10.8 Å². The van der Waals surface area contributed by atoms with Gasteiger partial charge in [-0.15, -0.1) is 0 Å². The van der Waals surface area contributed by atoms with E-state index in [1.807, 2.05) is 24.3 Å². The van der Waals surface area contributed by atoms with E-state index in [9.17, 15) is 13.0 Å². The van der Waals surface area contributed by atoms with Crippen LogP contribution in [0.5, 0.6) is 0 Å². The summed E-state index contributed by atoms with van der Waals surface area (Å²) in [6, 6.07) is 10.7. The average Bonchev–Trinajstić information content (AvgIpc) is 2.62. The number of benzene rings is 2. The summed E-state index contributed by atoms with van der Waals surface area (Å²) in [5, 5.41) is 1.88. The molecule has 2 aromatic rings. The van der Waals surface area contributed by atoms with Crippen LogP contribution < -0.4 is 29.6 Å². The summed E-state index contributed by atoms with van der Waals surface area (Å²) >= 11 is 0. The van der Waals surface area contributed by atoms with Crippen molar-refractivity contribution in [1.29, 1.82) is 0 Å². The van der Waals surface area contributed by atoms with Crippen LogP contribution in [0.1, 0.15) is 76.7 Å². The van der Waals surface area contributed by atoms with Gasteiger partial charge in [-0.05, 0) is 41.3 Å². The van der Waals surface area contributed by atoms with E-state index < -0.39 is 10.1 Å². The molecule has 2 aromatic carbocycles. The molecule has 0 bridgehead atoms. The molecule has 0 radical (unpaired) electrons. The van der Waals surface area contributed by atoms with Gasteiger partial charge in [-0.3, -0.25) is 0 Å². The molecule has 0 amide bonds. The van der Waals surface area contributed by atoms with Gasteiger partial charge in [0.05, 0.1) is 4.90 Å². The molecule has 0 saturated heterocycles. The Bertz CT molecular complexity index is 787. The van der Waals surface area contributed by atoms with Crippen molar-refractivity contribution in [2.75, 3.05) is 0 Å². The van der Waals surface area contributed by atoms with E-state index in [0.29, 0.717) is 0 Å². The van der Waals surface area contributed by atoms with Gasteiger partial charge in [0.1, 0.15) is 10.1 Å². The molecule has 0 fully saturated rings. The molecular weight excluding hydrogens is 367 g/mol. The van der Waals surface area contributed by atoms with Gasteiger partial charge in [-0.2, -0.15) is 0 Å². The Morgan fingerprint density at radius 1 is 0.815 bits per heavy atom. The minimum Gasteiger partial charge on any atom is -0.744 e. The predicted molar refractivity (Wildman–Crippen MR) is 107 cm³/mol. The summed E-state index contributed by atoms with van der Waals surface area (Å²) in [6.45, 7) is 2.24. The number of hydrogen-bond acceptors (Lipinski definition) is 3. The smallest absolute Gasteiger partial charge is 0.744 e. The van der Waals surface area contributed by atoms with Gasteiger partial charge in [0.2, 0.25) is 0 Å². The van der Waals surface area contributed by atoms with Crippen LogP contribution >= 0.6 is 0 Å². The summed E-state index contributed by atoms with van der Waals surface area (Å²) < 4.78 is 34.2.